The molecule has 5 nitrogen and oxygen atoms in total. The Hall–Kier alpha value is -1.35. The van der Waals surface area contributed by atoms with Crippen molar-refractivity contribution in [3.8, 4) is 5.75 Å². The van der Waals surface area contributed by atoms with Crippen molar-refractivity contribution in [2.75, 3.05) is 0 Å². The Morgan fingerprint density at radius 3 is 2.40 bits per heavy atom. The van der Waals surface area contributed by atoms with Gasteiger partial charge in [0.2, 0.25) is 16.0 Å². The van der Waals surface area contributed by atoms with Gasteiger partial charge in [-0.2, -0.15) is 4.39 Å². The molecule has 0 saturated heterocycles. The lowest BCUT2D eigenvalue weighted by Gasteiger charge is -2.06. The number of pyridine rings is 1. The van der Waals surface area contributed by atoms with E-state index in [1.807, 2.05) is 0 Å². The van der Waals surface area contributed by atoms with E-state index in [1.54, 1.807) is 0 Å². The molecule has 1 rings (SSSR count). The minimum Gasteiger partial charge on any atom is -0.505 e. The maximum atomic E-state index is 12.6. The number of hydrogen-bond donors (Lipinski definition) is 2. The number of sulfonamides is 1. The fourth-order valence-electron chi connectivity index (χ4n) is 0.872. The van der Waals surface area contributed by atoms with Crippen LogP contribution in [0.2, 0.25) is 0 Å². The first-order valence-corrected chi connectivity index (χ1v) is 4.98. The number of alkyl halides is 2. The summed E-state index contributed by atoms with van der Waals surface area (Å²) in [5, 5.41) is 13.6. The molecule has 0 radical (unpaired) electrons. The molecule has 0 amide bonds. The van der Waals surface area contributed by atoms with Crippen LogP contribution in [0.15, 0.2) is 11.0 Å². The van der Waals surface area contributed by atoms with Crippen LogP contribution < -0.4 is 5.14 Å². The second kappa shape index (κ2) is 3.66. The van der Waals surface area contributed by atoms with E-state index in [2.05, 4.69) is 10.1 Å². The number of halogens is 3. The predicted octanol–water partition coefficient (Wildman–Crippen LogP) is 0.511. The number of primary sulfonamides is 1. The van der Waals surface area contributed by atoms with Crippen LogP contribution in [0.3, 0.4) is 0 Å². The normalized spacial score (nSPS) is 12.1. The Morgan fingerprint density at radius 1 is 1.47 bits per heavy atom. The van der Waals surface area contributed by atoms with Crippen LogP contribution >= 0.6 is 0 Å². The fraction of sp³-hybridized carbons (Fsp3) is 0.167. The van der Waals surface area contributed by atoms with E-state index in [-0.39, 0.29) is 6.07 Å². The van der Waals surface area contributed by atoms with Gasteiger partial charge < -0.3 is 5.11 Å². The molecule has 0 fully saturated rings. The van der Waals surface area contributed by atoms with Crippen molar-refractivity contribution in [2.24, 2.45) is 5.14 Å². The topological polar surface area (TPSA) is 93.3 Å². The summed E-state index contributed by atoms with van der Waals surface area (Å²) in [4.78, 5) is 1.54. The molecular formula is C6H5F3N2O3S. The lowest BCUT2D eigenvalue weighted by atomic mass is 10.3. The largest absolute Gasteiger partial charge is 0.505 e. The van der Waals surface area contributed by atoms with Crippen molar-refractivity contribution < 1.29 is 26.7 Å². The monoisotopic (exact) mass is 242 g/mol. The van der Waals surface area contributed by atoms with Crippen molar-refractivity contribution in [1.29, 1.82) is 0 Å². The minimum absolute atomic E-state index is 0.260. The van der Waals surface area contributed by atoms with Crippen LogP contribution in [0.25, 0.3) is 0 Å². The van der Waals surface area contributed by atoms with Gasteiger partial charge in [0, 0.05) is 6.07 Å². The number of aromatic nitrogens is 1. The summed E-state index contributed by atoms with van der Waals surface area (Å²) in [5.41, 5.74) is -1.36. The lowest BCUT2D eigenvalue weighted by Crippen LogP contribution is -2.14. The predicted molar refractivity (Wildman–Crippen MR) is 42.2 cm³/mol. The lowest BCUT2D eigenvalue weighted by molar-refractivity contribution is 0.139. The van der Waals surface area contributed by atoms with Crippen LogP contribution in [0.1, 0.15) is 12.1 Å². The highest BCUT2D eigenvalue weighted by molar-refractivity contribution is 7.89. The number of aromatic hydroxyl groups is 1. The van der Waals surface area contributed by atoms with E-state index in [0.29, 0.717) is 0 Å². The molecule has 0 unspecified atom stereocenters. The summed E-state index contributed by atoms with van der Waals surface area (Å²) in [6, 6.07) is 0.260. The van der Waals surface area contributed by atoms with Gasteiger partial charge in [-0.25, -0.2) is 27.3 Å². The summed E-state index contributed by atoms with van der Waals surface area (Å²) in [5.74, 6) is -2.80. The standard InChI is InChI=1S/C6H5F3N2O3S/c7-3-1-2(15(10,13)14)5(12)4(11-3)6(8)9/h1,6,12H,(H2,10,13,14). The van der Waals surface area contributed by atoms with E-state index in [9.17, 15) is 21.6 Å². The summed E-state index contributed by atoms with van der Waals surface area (Å²) in [7, 11) is -4.48. The second-order valence-electron chi connectivity index (χ2n) is 2.52. The molecule has 15 heavy (non-hydrogen) atoms. The Morgan fingerprint density at radius 2 is 2.00 bits per heavy atom. The molecule has 84 valence electrons. The molecule has 0 atom stereocenters. The highest BCUT2D eigenvalue weighted by atomic mass is 32.2. The molecule has 1 aromatic rings. The van der Waals surface area contributed by atoms with Crippen molar-refractivity contribution >= 4 is 10.0 Å². The van der Waals surface area contributed by atoms with Gasteiger partial charge in [-0.3, -0.25) is 0 Å². The van der Waals surface area contributed by atoms with Gasteiger partial charge in [-0.05, 0) is 0 Å². The average Bonchev–Trinajstić information content (AvgIpc) is 2.06. The van der Waals surface area contributed by atoms with Gasteiger partial charge in [0.15, 0.2) is 11.4 Å². The Kier molecular flexibility index (Phi) is 2.86. The highest BCUT2D eigenvalue weighted by Crippen LogP contribution is 2.31. The van der Waals surface area contributed by atoms with E-state index in [4.69, 9.17) is 5.11 Å². The molecule has 0 aliphatic heterocycles. The van der Waals surface area contributed by atoms with Gasteiger partial charge in [0.25, 0.3) is 6.43 Å². The van der Waals surface area contributed by atoms with Crippen molar-refractivity contribution in [2.45, 2.75) is 11.3 Å². The first kappa shape index (κ1) is 11.7. The molecule has 9 heteroatoms. The van der Waals surface area contributed by atoms with Crippen LogP contribution in [0, 0.1) is 5.95 Å². The van der Waals surface area contributed by atoms with Gasteiger partial charge in [-0.15, -0.1) is 0 Å². The smallest absolute Gasteiger partial charge is 0.284 e. The third-order valence-electron chi connectivity index (χ3n) is 1.47. The van der Waals surface area contributed by atoms with Crippen LogP contribution in [-0.2, 0) is 10.0 Å². The molecule has 0 aliphatic rings. The zero-order valence-electron chi connectivity index (χ0n) is 6.99. The third-order valence-corrected chi connectivity index (χ3v) is 2.39. The van der Waals surface area contributed by atoms with Gasteiger partial charge >= 0.3 is 0 Å². The van der Waals surface area contributed by atoms with E-state index in [1.165, 1.54) is 0 Å². The number of nitrogens with zero attached hydrogens (tertiary/aromatic N) is 1. The summed E-state index contributed by atoms with van der Waals surface area (Å²) < 4.78 is 58.4. The second-order valence-corrected chi connectivity index (χ2v) is 4.05. The summed E-state index contributed by atoms with van der Waals surface area (Å²) in [6.07, 6.45) is -3.30. The van der Waals surface area contributed by atoms with Crippen LogP contribution in [0.5, 0.6) is 5.75 Å². The third kappa shape index (κ3) is 2.36. The minimum atomic E-state index is -4.48. The number of hydrogen-bond acceptors (Lipinski definition) is 4. The van der Waals surface area contributed by atoms with Crippen molar-refractivity contribution in [3.05, 3.63) is 17.7 Å². The molecule has 1 heterocycles. The van der Waals surface area contributed by atoms with Crippen LogP contribution in [0.4, 0.5) is 13.2 Å². The zero-order valence-corrected chi connectivity index (χ0v) is 7.80. The first-order valence-electron chi connectivity index (χ1n) is 3.44. The molecule has 3 N–H and O–H groups in total. The highest BCUT2D eigenvalue weighted by Gasteiger charge is 2.24. The van der Waals surface area contributed by atoms with E-state index < -0.39 is 38.7 Å². The fourth-order valence-corrected chi connectivity index (χ4v) is 1.51. The maximum absolute atomic E-state index is 12.6. The Balaban J connectivity index is 3.56. The van der Waals surface area contributed by atoms with Gasteiger partial charge in [-0.1, -0.05) is 0 Å². The van der Waals surface area contributed by atoms with Crippen molar-refractivity contribution in [3.63, 3.8) is 0 Å². The van der Waals surface area contributed by atoms with Crippen LogP contribution in [-0.4, -0.2) is 18.5 Å². The average molecular weight is 242 g/mol. The Bertz CT molecular complexity index is 489. The summed E-state index contributed by atoms with van der Waals surface area (Å²) >= 11 is 0. The van der Waals surface area contributed by atoms with Gasteiger partial charge in [0.05, 0.1) is 0 Å². The van der Waals surface area contributed by atoms with E-state index in [0.717, 1.165) is 0 Å². The maximum Gasteiger partial charge on any atom is 0.284 e. The zero-order chi connectivity index (χ0) is 11.8. The van der Waals surface area contributed by atoms with Crippen molar-refractivity contribution in [1.82, 2.24) is 4.98 Å². The molecule has 0 spiro atoms. The molecule has 0 bridgehead atoms. The molecule has 0 saturated carbocycles. The molecule has 0 aliphatic carbocycles. The van der Waals surface area contributed by atoms with E-state index >= 15 is 0 Å². The quantitative estimate of drug-likeness (QED) is 0.739. The summed E-state index contributed by atoms with van der Waals surface area (Å²) in [6.45, 7) is 0. The number of nitrogens with two attached hydrogens (primary N) is 1. The molecular weight excluding hydrogens is 237 g/mol. The first-order chi connectivity index (χ1) is 6.73. The SMILES string of the molecule is NS(=O)(=O)c1cc(F)nc(C(F)F)c1O. The Labute approximate surface area is 82.4 Å². The molecule has 0 aromatic carbocycles. The molecule has 1 aromatic heterocycles. The number of rotatable bonds is 2. The van der Waals surface area contributed by atoms with Gasteiger partial charge in [0.1, 0.15) is 4.90 Å².